The van der Waals surface area contributed by atoms with E-state index in [1.54, 1.807) is 12.1 Å². The largest absolute Gasteiger partial charge is 0.493 e. The first-order valence-corrected chi connectivity index (χ1v) is 11.9. The molecule has 0 unspecified atom stereocenters. The summed E-state index contributed by atoms with van der Waals surface area (Å²) in [6, 6.07) is 8.88. The number of nitrogens with zero attached hydrogens (tertiary/aromatic N) is 1. The van der Waals surface area contributed by atoms with Gasteiger partial charge in [0, 0.05) is 22.2 Å². The van der Waals surface area contributed by atoms with E-state index in [0.717, 1.165) is 49.9 Å². The molecule has 1 saturated carbocycles. The van der Waals surface area contributed by atoms with Gasteiger partial charge in [-0.1, -0.05) is 23.2 Å². The molecule has 0 aromatic heterocycles. The minimum Gasteiger partial charge on any atom is -0.493 e. The van der Waals surface area contributed by atoms with Crippen LogP contribution in [0.3, 0.4) is 0 Å². The fraction of sp³-hybridized carbons (Fsp3) is 0.480. The number of halogens is 3. The van der Waals surface area contributed by atoms with Gasteiger partial charge in [-0.15, -0.1) is 0 Å². The highest BCUT2D eigenvalue weighted by atomic mass is 35.5. The molecule has 0 spiro atoms. The Labute approximate surface area is 198 Å². The number of esters is 1. The maximum Gasteiger partial charge on any atom is 0.340 e. The van der Waals surface area contributed by atoms with Crippen LogP contribution in [0.15, 0.2) is 30.3 Å². The van der Waals surface area contributed by atoms with Crippen molar-refractivity contribution in [3.05, 3.63) is 62.9 Å². The van der Waals surface area contributed by atoms with E-state index in [-0.39, 0.29) is 11.6 Å². The van der Waals surface area contributed by atoms with Crippen molar-refractivity contribution in [2.75, 3.05) is 26.8 Å². The van der Waals surface area contributed by atoms with Gasteiger partial charge in [-0.05, 0) is 92.9 Å². The van der Waals surface area contributed by atoms with Gasteiger partial charge in [0.1, 0.15) is 11.6 Å². The van der Waals surface area contributed by atoms with E-state index in [2.05, 4.69) is 11.8 Å². The maximum atomic E-state index is 14.5. The van der Waals surface area contributed by atoms with Crippen molar-refractivity contribution in [2.45, 2.75) is 44.6 Å². The zero-order valence-electron chi connectivity index (χ0n) is 18.4. The minimum absolute atomic E-state index is 0.0230. The normalized spacial score (nSPS) is 18.4. The third kappa shape index (κ3) is 5.38. The van der Waals surface area contributed by atoms with Crippen LogP contribution in [0.4, 0.5) is 4.39 Å². The van der Waals surface area contributed by atoms with E-state index in [0.29, 0.717) is 34.2 Å². The Balaban J connectivity index is 1.36. The van der Waals surface area contributed by atoms with Crippen LogP contribution in [0.1, 0.15) is 66.1 Å². The smallest absolute Gasteiger partial charge is 0.340 e. The second-order valence-electron chi connectivity index (χ2n) is 8.80. The number of carbonyl (C=O) groups excluding carboxylic acids is 1. The summed E-state index contributed by atoms with van der Waals surface area (Å²) in [5.41, 5.74) is 2.01. The number of hydrogen-bond donors (Lipinski definition) is 0. The second kappa shape index (κ2) is 9.98. The number of benzene rings is 2. The standard InChI is InChI=1S/C25H28Cl2FNO3/c1-15(18-9-19(26)11-20(27)10-18)29-7-5-16(6-8-29)14-32-24-13-23(28)22(25(30)31-2)12-21(24)17-3-4-17/h9-13,15-17H,3-8,14H2,1-2H3/t15-/m1/s1. The van der Waals surface area contributed by atoms with Gasteiger partial charge in [0.05, 0.1) is 19.3 Å². The molecule has 2 aromatic carbocycles. The van der Waals surface area contributed by atoms with Crippen LogP contribution < -0.4 is 4.74 Å². The molecule has 1 heterocycles. The Kier molecular flexibility index (Phi) is 7.28. The molecular weight excluding hydrogens is 452 g/mol. The molecule has 4 nitrogen and oxygen atoms in total. The van der Waals surface area contributed by atoms with Crippen molar-refractivity contribution in [3.8, 4) is 5.75 Å². The molecule has 0 radical (unpaired) electrons. The average Bonchev–Trinajstić information content (AvgIpc) is 3.61. The highest BCUT2D eigenvalue weighted by Gasteiger charge is 2.30. The van der Waals surface area contributed by atoms with Crippen LogP contribution in [0, 0.1) is 11.7 Å². The molecule has 2 aromatic rings. The van der Waals surface area contributed by atoms with E-state index < -0.39 is 11.8 Å². The van der Waals surface area contributed by atoms with E-state index in [1.807, 2.05) is 12.1 Å². The van der Waals surface area contributed by atoms with Crippen LogP contribution in [0.25, 0.3) is 0 Å². The lowest BCUT2D eigenvalue weighted by molar-refractivity contribution is 0.0595. The van der Waals surface area contributed by atoms with Crippen LogP contribution >= 0.6 is 23.2 Å². The fourth-order valence-electron chi connectivity index (χ4n) is 4.42. The molecule has 0 N–H and O–H groups in total. The van der Waals surface area contributed by atoms with Crippen LogP contribution in [-0.4, -0.2) is 37.7 Å². The maximum absolute atomic E-state index is 14.5. The van der Waals surface area contributed by atoms with Gasteiger partial charge in [-0.2, -0.15) is 0 Å². The Morgan fingerprint density at radius 2 is 1.75 bits per heavy atom. The zero-order valence-corrected chi connectivity index (χ0v) is 19.9. The van der Waals surface area contributed by atoms with Gasteiger partial charge in [0.2, 0.25) is 0 Å². The molecule has 1 aliphatic heterocycles. The van der Waals surface area contributed by atoms with Crippen LogP contribution in [0.5, 0.6) is 5.75 Å². The quantitative estimate of drug-likeness (QED) is 0.416. The van der Waals surface area contributed by atoms with Crippen molar-refractivity contribution < 1.29 is 18.7 Å². The average molecular weight is 480 g/mol. The molecule has 0 bridgehead atoms. The monoisotopic (exact) mass is 479 g/mol. The molecular formula is C25H28Cl2FNO3. The predicted octanol–water partition coefficient (Wildman–Crippen LogP) is 6.65. The number of likely N-dealkylation sites (tertiary alicyclic amines) is 1. The topological polar surface area (TPSA) is 38.8 Å². The van der Waals surface area contributed by atoms with E-state index >= 15 is 0 Å². The lowest BCUT2D eigenvalue weighted by atomic mass is 9.95. The lowest BCUT2D eigenvalue weighted by Crippen LogP contribution is -2.37. The molecule has 2 fully saturated rings. The minimum atomic E-state index is -0.654. The lowest BCUT2D eigenvalue weighted by Gasteiger charge is -2.36. The number of carbonyl (C=O) groups is 1. The molecule has 1 saturated heterocycles. The summed E-state index contributed by atoms with van der Waals surface area (Å²) in [6.45, 7) is 4.61. The second-order valence-corrected chi connectivity index (χ2v) is 9.68. The Bertz CT molecular complexity index is 967. The summed E-state index contributed by atoms with van der Waals surface area (Å²) in [5, 5.41) is 1.30. The van der Waals surface area contributed by atoms with Gasteiger partial charge >= 0.3 is 5.97 Å². The van der Waals surface area contributed by atoms with Crippen molar-refractivity contribution in [1.29, 1.82) is 0 Å². The third-order valence-corrected chi connectivity index (χ3v) is 7.00. The zero-order chi connectivity index (χ0) is 22.8. The van der Waals surface area contributed by atoms with Crippen molar-refractivity contribution in [2.24, 2.45) is 5.92 Å². The van der Waals surface area contributed by atoms with E-state index in [9.17, 15) is 9.18 Å². The fourth-order valence-corrected chi connectivity index (χ4v) is 4.96. The first-order valence-electron chi connectivity index (χ1n) is 11.1. The molecule has 32 heavy (non-hydrogen) atoms. The molecule has 4 rings (SSSR count). The van der Waals surface area contributed by atoms with Gasteiger partial charge in [-0.3, -0.25) is 4.90 Å². The van der Waals surface area contributed by atoms with Crippen LogP contribution in [-0.2, 0) is 4.74 Å². The summed E-state index contributed by atoms with van der Waals surface area (Å²) in [6.07, 6.45) is 4.07. The molecule has 2 aliphatic rings. The van der Waals surface area contributed by atoms with Crippen molar-refractivity contribution in [1.82, 2.24) is 4.90 Å². The number of methoxy groups -OCH3 is 1. The summed E-state index contributed by atoms with van der Waals surface area (Å²) >= 11 is 12.3. The summed E-state index contributed by atoms with van der Waals surface area (Å²) in [4.78, 5) is 14.3. The summed E-state index contributed by atoms with van der Waals surface area (Å²) in [5.74, 6) is 0.0403. The Hall–Kier alpha value is -1.82. The van der Waals surface area contributed by atoms with Crippen molar-refractivity contribution in [3.63, 3.8) is 0 Å². The van der Waals surface area contributed by atoms with E-state index in [1.165, 1.54) is 13.2 Å². The molecule has 172 valence electrons. The van der Waals surface area contributed by atoms with Gasteiger partial charge < -0.3 is 9.47 Å². The first kappa shape index (κ1) is 23.3. The number of piperidine rings is 1. The summed E-state index contributed by atoms with van der Waals surface area (Å²) < 4.78 is 25.3. The van der Waals surface area contributed by atoms with Gasteiger partial charge in [0.25, 0.3) is 0 Å². The highest BCUT2D eigenvalue weighted by molar-refractivity contribution is 6.34. The third-order valence-electron chi connectivity index (χ3n) is 6.56. The van der Waals surface area contributed by atoms with Gasteiger partial charge in [0.15, 0.2) is 0 Å². The van der Waals surface area contributed by atoms with Crippen LogP contribution in [0.2, 0.25) is 10.0 Å². The molecule has 0 amide bonds. The molecule has 7 heteroatoms. The highest BCUT2D eigenvalue weighted by Crippen LogP contribution is 2.45. The number of ether oxygens (including phenoxy) is 2. The van der Waals surface area contributed by atoms with Gasteiger partial charge in [-0.25, -0.2) is 9.18 Å². The Morgan fingerprint density at radius 1 is 1.09 bits per heavy atom. The Morgan fingerprint density at radius 3 is 2.34 bits per heavy atom. The van der Waals surface area contributed by atoms with E-state index in [4.69, 9.17) is 32.7 Å². The summed E-state index contributed by atoms with van der Waals surface area (Å²) in [7, 11) is 1.26. The molecule has 1 atom stereocenters. The first-order chi connectivity index (χ1) is 15.4. The molecule has 1 aliphatic carbocycles. The predicted molar refractivity (Wildman–Crippen MR) is 124 cm³/mol. The SMILES string of the molecule is COC(=O)c1cc(C2CC2)c(OCC2CCN([C@H](C)c3cc(Cl)cc(Cl)c3)CC2)cc1F. The number of rotatable bonds is 7. The van der Waals surface area contributed by atoms with Crippen molar-refractivity contribution >= 4 is 29.2 Å². The number of hydrogen-bond acceptors (Lipinski definition) is 4.